The van der Waals surface area contributed by atoms with E-state index in [1.54, 1.807) is 18.0 Å². The lowest BCUT2D eigenvalue weighted by atomic mass is 10.1. The molecular weight excluding hydrogens is 292 g/mol. The van der Waals surface area contributed by atoms with E-state index in [4.69, 9.17) is 4.74 Å². The molecule has 0 atom stereocenters. The molecule has 122 valence electrons. The van der Waals surface area contributed by atoms with Gasteiger partial charge in [0.25, 0.3) is 0 Å². The van der Waals surface area contributed by atoms with Gasteiger partial charge >= 0.3 is 0 Å². The van der Waals surface area contributed by atoms with Crippen LogP contribution < -0.4 is 10.1 Å². The molecule has 0 aliphatic rings. The van der Waals surface area contributed by atoms with Crippen molar-refractivity contribution in [3.63, 3.8) is 0 Å². The van der Waals surface area contributed by atoms with Crippen LogP contribution >= 0.6 is 11.8 Å². The molecule has 0 aliphatic carbocycles. The standard InChI is InChI=1S/C18H28N2OS/c1-7-13(4)17(22-18(19-6)14(5)8-2)15-12-20-11-10-16(15)21-9-3/h10-12,19H,7-9H2,1-6H3/b17-13-,18-14+. The van der Waals surface area contributed by atoms with E-state index in [1.165, 1.54) is 21.1 Å². The highest BCUT2D eigenvalue weighted by Gasteiger charge is 2.15. The van der Waals surface area contributed by atoms with Crippen LogP contribution in [-0.2, 0) is 0 Å². The van der Waals surface area contributed by atoms with Gasteiger partial charge in [-0.15, -0.1) is 0 Å². The van der Waals surface area contributed by atoms with Gasteiger partial charge in [-0.05, 0) is 45.3 Å². The van der Waals surface area contributed by atoms with E-state index in [1.807, 2.05) is 26.2 Å². The van der Waals surface area contributed by atoms with Gasteiger partial charge in [0.2, 0.25) is 0 Å². The second-order valence-electron chi connectivity index (χ2n) is 5.08. The molecule has 1 aromatic heterocycles. The van der Waals surface area contributed by atoms with Gasteiger partial charge < -0.3 is 10.1 Å². The Hall–Kier alpha value is -1.42. The Morgan fingerprint density at radius 2 is 1.86 bits per heavy atom. The predicted molar refractivity (Wildman–Crippen MR) is 97.9 cm³/mol. The molecule has 1 aromatic rings. The molecule has 1 rings (SSSR count). The maximum Gasteiger partial charge on any atom is 0.130 e. The van der Waals surface area contributed by atoms with Crippen molar-refractivity contribution < 1.29 is 4.74 Å². The van der Waals surface area contributed by atoms with Crippen LogP contribution in [0.1, 0.15) is 53.0 Å². The van der Waals surface area contributed by atoms with Gasteiger partial charge in [0.1, 0.15) is 5.75 Å². The van der Waals surface area contributed by atoms with Crippen molar-refractivity contribution in [3.8, 4) is 5.75 Å². The number of hydrogen-bond acceptors (Lipinski definition) is 4. The van der Waals surface area contributed by atoms with Gasteiger partial charge in [-0.25, -0.2) is 0 Å². The van der Waals surface area contributed by atoms with Crippen LogP contribution in [-0.4, -0.2) is 18.6 Å². The average Bonchev–Trinajstić information content (AvgIpc) is 2.56. The van der Waals surface area contributed by atoms with Crippen LogP contribution in [0.25, 0.3) is 4.91 Å². The Morgan fingerprint density at radius 3 is 2.41 bits per heavy atom. The third kappa shape index (κ3) is 4.80. The predicted octanol–water partition coefficient (Wildman–Crippen LogP) is 5.22. The molecule has 3 nitrogen and oxygen atoms in total. The zero-order chi connectivity index (χ0) is 16.5. The molecule has 22 heavy (non-hydrogen) atoms. The van der Waals surface area contributed by atoms with Crippen molar-refractivity contribution in [2.24, 2.45) is 0 Å². The number of ether oxygens (including phenoxy) is 1. The summed E-state index contributed by atoms with van der Waals surface area (Å²) in [5.41, 5.74) is 3.77. The molecular formula is C18H28N2OS. The Balaban J connectivity index is 3.33. The highest BCUT2D eigenvalue weighted by Crippen LogP contribution is 2.40. The van der Waals surface area contributed by atoms with E-state index in [0.29, 0.717) is 6.61 Å². The molecule has 0 fully saturated rings. The van der Waals surface area contributed by atoms with Crippen LogP contribution in [0.4, 0.5) is 0 Å². The Bertz CT molecular complexity index is 550. The SMILES string of the molecule is CCOc1ccncc1/C(S/C(NC)=C(\C)CC)=C(\C)CC. The van der Waals surface area contributed by atoms with Gasteiger partial charge in [0.15, 0.2) is 0 Å². The number of hydrogen-bond donors (Lipinski definition) is 1. The Labute approximate surface area is 139 Å². The first-order chi connectivity index (χ1) is 10.6. The van der Waals surface area contributed by atoms with Crippen molar-refractivity contribution in [1.29, 1.82) is 0 Å². The maximum atomic E-state index is 5.79. The van der Waals surface area contributed by atoms with Crippen LogP contribution in [0.3, 0.4) is 0 Å². The fourth-order valence-electron chi connectivity index (χ4n) is 1.98. The highest BCUT2D eigenvalue weighted by atomic mass is 32.2. The normalized spacial score (nSPS) is 13.4. The molecule has 0 aliphatic heterocycles. The van der Waals surface area contributed by atoms with Gasteiger partial charge in [0.05, 0.1) is 11.6 Å². The summed E-state index contributed by atoms with van der Waals surface area (Å²) >= 11 is 1.78. The fourth-order valence-corrected chi connectivity index (χ4v) is 3.19. The first-order valence-electron chi connectivity index (χ1n) is 7.91. The van der Waals surface area contributed by atoms with Gasteiger partial charge in [-0.2, -0.15) is 0 Å². The van der Waals surface area contributed by atoms with Crippen LogP contribution in [0.15, 0.2) is 34.6 Å². The second kappa shape index (κ2) is 9.57. The largest absolute Gasteiger partial charge is 0.493 e. The Kier molecular flexibility index (Phi) is 8.10. The summed E-state index contributed by atoms with van der Waals surface area (Å²) in [6.07, 6.45) is 5.73. The molecule has 0 saturated carbocycles. The fraction of sp³-hybridized carbons (Fsp3) is 0.500. The van der Waals surface area contributed by atoms with Crippen LogP contribution in [0, 0.1) is 0 Å². The van der Waals surface area contributed by atoms with Gasteiger partial charge in [-0.1, -0.05) is 31.2 Å². The van der Waals surface area contributed by atoms with Crippen LogP contribution in [0.2, 0.25) is 0 Å². The van der Waals surface area contributed by atoms with Crippen LogP contribution in [0.5, 0.6) is 5.75 Å². The van der Waals surface area contributed by atoms with Crippen molar-refractivity contribution in [2.45, 2.75) is 47.5 Å². The van der Waals surface area contributed by atoms with Gasteiger partial charge in [-0.3, -0.25) is 4.98 Å². The number of thioether (sulfide) groups is 1. The number of allylic oxidation sites excluding steroid dienone is 2. The lowest BCUT2D eigenvalue weighted by molar-refractivity contribution is 0.339. The van der Waals surface area contributed by atoms with E-state index < -0.39 is 0 Å². The number of nitrogens with one attached hydrogen (secondary N) is 1. The minimum Gasteiger partial charge on any atom is -0.493 e. The molecule has 0 unspecified atom stereocenters. The number of aromatic nitrogens is 1. The summed E-state index contributed by atoms with van der Waals surface area (Å²) in [6, 6.07) is 1.94. The van der Waals surface area contributed by atoms with E-state index in [2.05, 4.69) is 38.0 Å². The summed E-state index contributed by atoms with van der Waals surface area (Å²) in [4.78, 5) is 5.53. The van der Waals surface area contributed by atoms with Crippen molar-refractivity contribution in [2.75, 3.05) is 13.7 Å². The van der Waals surface area contributed by atoms with Gasteiger partial charge in [0, 0.05) is 29.9 Å². The molecule has 0 spiro atoms. The first kappa shape index (κ1) is 18.6. The molecule has 0 saturated heterocycles. The summed E-state index contributed by atoms with van der Waals surface area (Å²) in [6.45, 7) is 11.4. The summed E-state index contributed by atoms with van der Waals surface area (Å²) in [5, 5.41) is 4.54. The maximum absolute atomic E-state index is 5.79. The lowest BCUT2D eigenvalue weighted by Gasteiger charge is -2.18. The van der Waals surface area contributed by atoms with E-state index in [0.717, 1.165) is 24.2 Å². The highest BCUT2D eigenvalue weighted by molar-refractivity contribution is 8.11. The van der Waals surface area contributed by atoms with E-state index >= 15 is 0 Å². The van der Waals surface area contributed by atoms with Crippen molar-refractivity contribution in [1.82, 2.24) is 10.3 Å². The molecule has 0 bridgehead atoms. The molecule has 1 heterocycles. The smallest absolute Gasteiger partial charge is 0.130 e. The topological polar surface area (TPSA) is 34.1 Å². The number of nitrogens with zero attached hydrogens (tertiary/aromatic N) is 1. The third-order valence-corrected chi connectivity index (χ3v) is 5.12. The molecule has 0 aromatic carbocycles. The molecule has 1 N–H and O–H groups in total. The van der Waals surface area contributed by atoms with Crippen molar-refractivity contribution in [3.05, 3.63) is 40.2 Å². The van der Waals surface area contributed by atoms with E-state index in [-0.39, 0.29) is 0 Å². The van der Waals surface area contributed by atoms with Crippen molar-refractivity contribution >= 4 is 16.7 Å². The minimum absolute atomic E-state index is 0.656. The quantitative estimate of drug-likeness (QED) is 0.712. The average molecular weight is 321 g/mol. The lowest BCUT2D eigenvalue weighted by Crippen LogP contribution is -2.06. The Morgan fingerprint density at radius 1 is 1.18 bits per heavy atom. The molecule has 4 heteroatoms. The molecule has 0 amide bonds. The van der Waals surface area contributed by atoms with E-state index in [9.17, 15) is 0 Å². The second-order valence-corrected chi connectivity index (χ2v) is 6.10. The summed E-state index contributed by atoms with van der Waals surface area (Å²) in [7, 11) is 1.98. The number of pyridine rings is 1. The number of rotatable bonds is 8. The monoisotopic (exact) mass is 320 g/mol. The minimum atomic E-state index is 0.656. The molecule has 0 radical (unpaired) electrons. The first-order valence-corrected chi connectivity index (χ1v) is 8.72. The zero-order valence-corrected chi connectivity index (χ0v) is 15.4. The summed E-state index contributed by atoms with van der Waals surface area (Å²) in [5.74, 6) is 0.900. The summed E-state index contributed by atoms with van der Waals surface area (Å²) < 4.78 is 5.79. The third-order valence-electron chi connectivity index (χ3n) is 3.59. The zero-order valence-electron chi connectivity index (χ0n) is 14.6.